The van der Waals surface area contributed by atoms with Crippen LogP contribution in [0, 0.1) is 11.7 Å². The largest absolute Gasteiger partial charge is 0.444 e. The SMILES string of the molecule is CC(C)(C)OC(=O)N[C@H]1CCCCCCCC[C@@H]2C[C@@]2(C(=O)NS(=O)(=O)Cc2ccc(C(F)(F)F)cc2C(F)(F)F)NC(=O)[C@@H]2C[C@@H](OC(=O)N3Cc4cccc(F)c4C3)CN2C1=O. The number of hydrogen-bond acceptors (Lipinski definition) is 9. The molecule has 5 amide bonds. The lowest BCUT2D eigenvalue weighted by Gasteiger charge is -2.30. The Bertz CT molecular complexity index is 2250. The zero-order valence-electron chi connectivity index (χ0n) is 35.3. The maximum atomic E-state index is 14.5. The van der Waals surface area contributed by atoms with E-state index in [1.807, 2.05) is 0 Å². The minimum absolute atomic E-state index is 0.0192. The van der Waals surface area contributed by atoms with Crippen LogP contribution in [0.4, 0.5) is 40.3 Å². The number of alkyl halides is 6. The van der Waals surface area contributed by atoms with Crippen LogP contribution in [0.15, 0.2) is 36.4 Å². The second-order valence-corrected chi connectivity index (χ2v) is 19.5. The summed E-state index contributed by atoms with van der Waals surface area (Å²) in [5, 5.41) is 5.19. The van der Waals surface area contributed by atoms with Crippen molar-refractivity contribution in [3.8, 4) is 0 Å². The Labute approximate surface area is 365 Å². The standard InChI is InChI=1S/C42H50F7N5O9S/c1-39(2,3)63-37(58)50-32-14-9-7-5-4-6-8-12-27-19-40(27,36(57)52-64(60,61)23-25-15-16-26(41(44,45)46)17-30(25)42(47,48)49)51-34(55)33-18-28(21-54(33)35(32)56)62-38(59)53-20-24-11-10-13-31(43)29(24)22-53/h10-11,13,15-17,27-28,32-33H,4-9,12,14,18-23H2,1-3H3,(H,50,58)(H,51,55)(H,52,57)/t27-,28-,32+,33+,40-/m1/s1. The number of alkyl carbamates (subject to hydrolysis) is 1. The van der Waals surface area contributed by atoms with E-state index in [2.05, 4.69) is 10.6 Å². The van der Waals surface area contributed by atoms with Gasteiger partial charge >= 0.3 is 24.5 Å². The van der Waals surface area contributed by atoms with Gasteiger partial charge in [0.25, 0.3) is 5.91 Å². The molecule has 4 aliphatic rings. The number of carbonyl (C=O) groups excluding carboxylic acids is 5. The number of fused-ring (bicyclic) bond motifs is 3. The van der Waals surface area contributed by atoms with Gasteiger partial charge in [-0.15, -0.1) is 0 Å². The Morgan fingerprint density at radius 1 is 0.906 bits per heavy atom. The first-order valence-corrected chi connectivity index (χ1v) is 22.6. The molecule has 1 aliphatic carbocycles. The minimum atomic E-state index is -5.40. The number of rotatable bonds is 6. The third-order valence-corrected chi connectivity index (χ3v) is 13.0. The van der Waals surface area contributed by atoms with Crippen LogP contribution >= 0.6 is 0 Å². The third-order valence-electron chi connectivity index (χ3n) is 11.8. The summed E-state index contributed by atoms with van der Waals surface area (Å²) in [6.07, 6.45) is -9.66. The molecule has 0 aromatic heterocycles. The van der Waals surface area contributed by atoms with Gasteiger partial charge < -0.3 is 25.0 Å². The average Bonchev–Trinajstić information content (AvgIpc) is 3.46. The number of halogens is 7. The van der Waals surface area contributed by atoms with Crippen molar-refractivity contribution in [2.24, 2.45) is 5.92 Å². The topological polar surface area (TPSA) is 181 Å². The molecule has 5 atom stereocenters. The highest BCUT2D eigenvalue weighted by Crippen LogP contribution is 2.48. The summed E-state index contributed by atoms with van der Waals surface area (Å²) >= 11 is 0. The van der Waals surface area contributed by atoms with Gasteiger partial charge in [-0.25, -0.2) is 22.4 Å². The highest BCUT2D eigenvalue weighted by Gasteiger charge is 2.62. The molecular formula is C42H50F7N5O9S. The lowest BCUT2D eigenvalue weighted by molar-refractivity contribution is -0.143. The van der Waals surface area contributed by atoms with E-state index in [9.17, 15) is 63.1 Å². The molecule has 0 unspecified atom stereocenters. The molecule has 0 bridgehead atoms. The van der Waals surface area contributed by atoms with Gasteiger partial charge in [-0.3, -0.25) is 24.0 Å². The van der Waals surface area contributed by atoms with Crippen molar-refractivity contribution in [3.63, 3.8) is 0 Å². The number of sulfonamides is 1. The van der Waals surface area contributed by atoms with Gasteiger partial charge in [0.2, 0.25) is 21.8 Å². The van der Waals surface area contributed by atoms with Crippen LogP contribution in [0.3, 0.4) is 0 Å². The number of ether oxygens (including phenoxy) is 2. The van der Waals surface area contributed by atoms with E-state index in [0.717, 1.165) is 17.7 Å². The highest BCUT2D eigenvalue weighted by atomic mass is 32.2. The summed E-state index contributed by atoms with van der Waals surface area (Å²) in [7, 11) is -5.06. The van der Waals surface area contributed by atoms with Crippen LogP contribution in [0.5, 0.6) is 0 Å². The second-order valence-electron chi connectivity index (χ2n) is 17.8. The van der Waals surface area contributed by atoms with Crippen molar-refractivity contribution in [2.45, 2.75) is 146 Å². The first kappa shape index (κ1) is 48.3. The molecule has 0 radical (unpaired) electrons. The van der Waals surface area contributed by atoms with Gasteiger partial charge in [0.1, 0.15) is 35.1 Å². The molecule has 3 aliphatic heterocycles. The molecule has 64 heavy (non-hydrogen) atoms. The predicted molar refractivity (Wildman–Crippen MR) is 212 cm³/mol. The van der Waals surface area contributed by atoms with Crippen LogP contribution in [0.1, 0.15) is 113 Å². The number of nitrogens with one attached hydrogen (secondary N) is 3. The second kappa shape index (κ2) is 18.4. The van der Waals surface area contributed by atoms with Gasteiger partial charge in [0.05, 0.1) is 30.0 Å². The minimum Gasteiger partial charge on any atom is -0.444 e. The quantitative estimate of drug-likeness (QED) is 0.262. The molecule has 14 nitrogen and oxygen atoms in total. The molecule has 0 spiro atoms. The van der Waals surface area contributed by atoms with Gasteiger partial charge in [0.15, 0.2) is 0 Å². The maximum Gasteiger partial charge on any atom is 0.416 e. The molecular weight excluding hydrogens is 884 g/mol. The normalized spacial score (nSPS) is 24.8. The van der Waals surface area contributed by atoms with E-state index < -0.39 is 116 Å². The fraction of sp³-hybridized carbons (Fsp3) is 0.595. The van der Waals surface area contributed by atoms with E-state index in [1.165, 1.54) is 17.0 Å². The van der Waals surface area contributed by atoms with Gasteiger partial charge in [-0.1, -0.05) is 56.7 Å². The van der Waals surface area contributed by atoms with Crippen molar-refractivity contribution < 1.29 is 72.6 Å². The Balaban J connectivity index is 1.27. The summed E-state index contributed by atoms with van der Waals surface area (Å²) in [5.74, 6) is -5.76. The Morgan fingerprint density at radius 2 is 1.58 bits per heavy atom. The first-order valence-electron chi connectivity index (χ1n) is 20.9. The lowest BCUT2D eigenvalue weighted by Crippen LogP contribution is -2.58. The average molecular weight is 934 g/mol. The maximum absolute atomic E-state index is 14.5. The van der Waals surface area contributed by atoms with Gasteiger partial charge in [-0.05, 0) is 75.3 Å². The molecule has 1 saturated carbocycles. The Morgan fingerprint density at radius 3 is 2.22 bits per heavy atom. The first-order chi connectivity index (χ1) is 29.8. The number of benzene rings is 2. The summed E-state index contributed by atoms with van der Waals surface area (Å²) in [6.45, 7) is 4.41. The number of carbonyl (C=O) groups is 5. The smallest absolute Gasteiger partial charge is 0.416 e. The van der Waals surface area contributed by atoms with Crippen LogP contribution in [-0.4, -0.2) is 84.0 Å². The predicted octanol–water partition coefficient (Wildman–Crippen LogP) is 6.83. The van der Waals surface area contributed by atoms with Crippen molar-refractivity contribution in [3.05, 3.63) is 70.0 Å². The van der Waals surface area contributed by atoms with Crippen molar-refractivity contribution >= 4 is 39.9 Å². The fourth-order valence-corrected chi connectivity index (χ4v) is 9.74. The van der Waals surface area contributed by atoms with Crippen molar-refractivity contribution in [2.75, 3.05) is 6.54 Å². The Kier molecular flexibility index (Phi) is 13.9. The van der Waals surface area contributed by atoms with Gasteiger partial charge in [0, 0.05) is 18.5 Å². The summed E-state index contributed by atoms with van der Waals surface area (Å²) in [6, 6.07) is 2.12. The third kappa shape index (κ3) is 11.6. The van der Waals surface area contributed by atoms with Crippen LogP contribution in [0.2, 0.25) is 0 Å². The van der Waals surface area contributed by atoms with E-state index in [4.69, 9.17) is 9.47 Å². The molecule has 22 heteroatoms. The van der Waals surface area contributed by atoms with Crippen molar-refractivity contribution in [1.29, 1.82) is 0 Å². The lowest BCUT2D eigenvalue weighted by atomic mass is 10.0. The monoisotopic (exact) mass is 933 g/mol. The van der Waals surface area contributed by atoms with Crippen LogP contribution in [-0.2, 0) is 65.1 Å². The Hall–Kier alpha value is -5.15. The van der Waals surface area contributed by atoms with E-state index in [0.29, 0.717) is 49.3 Å². The van der Waals surface area contributed by atoms with Crippen LogP contribution < -0.4 is 15.4 Å². The van der Waals surface area contributed by atoms with Gasteiger partial charge in [-0.2, -0.15) is 26.3 Å². The van der Waals surface area contributed by atoms with Crippen molar-refractivity contribution in [1.82, 2.24) is 25.2 Å². The number of nitrogens with zero attached hydrogens (tertiary/aromatic N) is 2. The van der Waals surface area contributed by atoms with Crippen LogP contribution in [0.25, 0.3) is 0 Å². The number of amides is 5. The molecule has 3 heterocycles. The molecule has 6 rings (SSSR count). The van der Waals surface area contributed by atoms with E-state index in [1.54, 1.807) is 31.6 Å². The zero-order valence-corrected chi connectivity index (χ0v) is 36.1. The summed E-state index contributed by atoms with van der Waals surface area (Å²) < 4.78 is 136. The molecule has 352 valence electrons. The highest BCUT2D eigenvalue weighted by molar-refractivity contribution is 7.89. The fourth-order valence-electron chi connectivity index (χ4n) is 8.54. The molecule has 2 aromatic carbocycles. The zero-order chi connectivity index (χ0) is 47.0. The summed E-state index contributed by atoms with van der Waals surface area (Å²) in [4.78, 5) is 71.7. The molecule has 3 N–H and O–H groups in total. The number of hydrogen-bond donors (Lipinski definition) is 3. The molecule has 2 aromatic rings. The van der Waals surface area contributed by atoms with E-state index in [-0.39, 0.29) is 51.0 Å². The molecule has 3 fully saturated rings. The summed E-state index contributed by atoms with van der Waals surface area (Å²) in [5.41, 5.74) is -6.64. The molecule has 2 saturated heterocycles. The van der Waals surface area contributed by atoms with E-state index >= 15 is 0 Å².